The summed E-state index contributed by atoms with van der Waals surface area (Å²) in [7, 11) is 3.15. The second kappa shape index (κ2) is 9.74. The molecule has 0 bridgehead atoms. The van der Waals surface area contributed by atoms with Gasteiger partial charge < -0.3 is 24.6 Å². The monoisotopic (exact) mass is 453 g/mol. The molecule has 32 heavy (non-hydrogen) atoms. The molecule has 1 aromatic heterocycles. The molecule has 0 spiro atoms. The summed E-state index contributed by atoms with van der Waals surface area (Å²) in [6.07, 6.45) is 0. The minimum atomic E-state index is -0.180. The van der Waals surface area contributed by atoms with E-state index in [1.807, 2.05) is 36.4 Å². The van der Waals surface area contributed by atoms with Crippen LogP contribution in [0.2, 0.25) is 5.02 Å². The summed E-state index contributed by atoms with van der Waals surface area (Å²) >= 11 is 5.95. The molecule has 8 nitrogen and oxygen atoms in total. The number of benzene rings is 2. The molecule has 0 saturated carbocycles. The Bertz CT molecular complexity index is 1070. The van der Waals surface area contributed by atoms with Gasteiger partial charge in [0.15, 0.2) is 5.82 Å². The largest absolute Gasteiger partial charge is 0.497 e. The maximum absolute atomic E-state index is 12.8. The smallest absolute Gasteiger partial charge is 0.322 e. The first-order chi connectivity index (χ1) is 15.6. The second-order valence-corrected chi connectivity index (χ2v) is 7.69. The lowest BCUT2D eigenvalue weighted by atomic mass is 10.1. The highest BCUT2D eigenvalue weighted by Crippen LogP contribution is 2.29. The Morgan fingerprint density at radius 3 is 2.31 bits per heavy atom. The number of nitrogens with one attached hydrogen (secondary N) is 1. The van der Waals surface area contributed by atoms with E-state index in [9.17, 15) is 4.79 Å². The van der Waals surface area contributed by atoms with Crippen LogP contribution in [0.5, 0.6) is 11.5 Å². The molecule has 3 aromatic rings. The van der Waals surface area contributed by atoms with Crippen LogP contribution in [0.25, 0.3) is 11.3 Å². The number of hydrogen-bond acceptors (Lipinski definition) is 6. The number of halogens is 1. The first-order valence-corrected chi connectivity index (χ1v) is 10.6. The average Bonchev–Trinajstić information content (AvgIpc) is 2.84. The minimum Gasteiger partial charge on any atom is -0.497 e. The fourth-order valence-electron chi connectivity index (χ4n) is 3.51. The SMILES string of the molecule is COc1ccc(OC)c(NC(=O)N2CCN(c3ccc(-c4ccc(Cl)cc4)nn3)CC2)c1. The molecule has 2 aromatic carbocycles. The second-order valence-electron chi connectivity index (χ2n) is 7.25. The Balaban J connectivity index is 1.36. The fraction of sp³-hybridized carbons (Fsp3) is 0.261. The lowest BCUT2D eigenvalue weighted by Gasteiger charge is -2.35. The molecule has 2 heterocycles. The first kappa shape index (κ1) is 21.7. The molecule has 1 saturated heterocycles. The van der Waals surface area contributed by atoms with E-state index >= 15 is 0 Å². The highest BCUT2D eigenvalue weighted by atomic mass is 35.5. The number of hydrogen-bond donors (Lipinski definition) is 1. The van der Waals surface area contributed by atoms with Crippen LogP contribution in [-0.4, -0.2) is 61.5 Å². The number of nitrogens with zero attached hydrogens (tertiary/aromatic N) is 4. The van der Waals surface area contributed by atoms with Crippen molar-refractivity contribution < 1.29 is 14.3 Å². The van der Waals surface area contributed by atoms with Gasteiger partial charge in [-0.05, 0) is 36.4 Å². The molecule has 0 radical (unpaired) electrons. The van der Waals surface area contributed by atoms with Crippen molar-refractivity contribution in [2.24, 2.45) is 0 Å². The van der Waals surface area contributed by atoms with Gasteiger partial charge >= 0.3 is 6.03 Å². The predicted molar refractivity (Wildman–Crippen MR) is 125 cm³/mol. The molecule has 1 aliphatic heterocycles. The maximum atomic E-state index is 12.8. The highest BCUT2D eigenvalue weighted by Gasteiger charge is 2.23. The van der Waals surface area contributed by atoms with E-state index < -0.39 is 0 Å². The number of piperazine rings is 1. The molecule has 1 fully saturated rings. The minimum absolute atomic E-state index is 0.180. The van der Waals surface area contributed by atoms with E-state index in [-0.39, 0.29) is 6.03 Å². The number of ether oxygens (including phenoxy) is 2. The van der Waals surface area contributed by atoms with Gasteiger partial charge in [-0.1, -0.05) is 23.7 Å². The number of amides is 2. The third-order valence-electron chi connectivity index (χ3n) is 5.33. The van der Waals surface area contributed by atoms with Crippen LogP contribution < -0.4 is 19.7 Å². The standard InChI is InChI=1S/C23H24ClN5O3/c1-31-18-7-9-21(32-2)20(15-18)25-23(30)29-13-11-28(12-14-29)22-10-8-19(26-27-22)16-3-5-17(24)6-4-16/h3-10,15H,11-14H2,1-2H3,(H,25,30). The van der Waals surface area contributed by atoms with E-state index in [2.05, 4.69) is 20.4 Å². The first-order valence-electron chi connectivity index (χ1n) is 10.2. The number of anilines is 2. The van der Waals surface area contributed by atoms with Crippen LogP contribution in [0, 0.1) is 0 Å². The van der Waals surface area contributed by atoms with E-state index in [4.69, 9.17) is 21.1 Å². The van der Waals surface area contributed by atoms with Crippen LogP contribution in [0.1, 0.15) is 0 Å². The van der Waals surface area contributed by atoms with Gasteiger partial charge in [0.1, 0.15) is 11.5 Å². The van der Waals surface area contributed by atoms with Gasteiger partial charge in [0, 0.05) is 42.8 Å². The molecule has 166 valence electrons. The number of aromatic nitrogens is 2. The van der Waals surface area contributed by atoms with Gasteiger partial charge in [-0.25, -0.2) is 4.79 Å². The maximum Gasteiger partial charge on any atom is 0.322 e. The average molecular weight is 454 g/mol. The molecule has 4 rings (SSSR count). The summed E-state index contributed by atoms with van der Waals surface area (Å²) in [4.78, 5) is 16.7. The van der Waals surface area contributed by atoms with E-state index in [1.165, 1.54) is 0 Å². The van der Waals surface area contributed by atoms with Gasteiger partial charge in [0.05, 0.1) is 25.6 Å². The molecule has 0 aliphatic carbocycles. The van der Waals surface area contributed by atoms with Crippen LogP contribution in [0.15, 0.2) is 54.6 Å². The van der Waals surface area contributed by atoms with E-state index in [0.29, 0.717) is 48.4 Å². The number of carbonyl (C=O) groups is 1. The van der Waals surface area contributed by atoms with Gasteiger partial charge in [0.2, 0.25) is 0 Å². The Morgan fingerprint density at radius 1 is 0.938 bits per heavy atom. The van der Waals surface area contributed by atoms with Crippen molar-refractivity contribution in [3.05, 3.63) is 59.6 Å². The van der Waals surface area contributed by atoms with Gasteiger partial charge in [0.25, 0.3) is 0 Å². The third kappa shape index (κ3) is 4.86. The number of methoxy groups -OCH3 is 2. The van der Waals surface area contributed by atoms with Crippen LogP contribution in [0.4, 0.5) is 16.3 Å². The van der Waals surface area contributed by atoms with Crippen molar-refractivity contribution in [1.29, 1.82) is 0 Å². The number of carbonyl (C=O) groups excluding carboxylic acids is 1. The van der Waals surface area contributed by atoms with Crippen molar-refractivity contribution in [2.75, 3.05) is 50.6 Å². The zero-order valence-corrected chi connectivity index (χ0v) is 18.7. The molecular formula is C23H24ClN5O3. The third-order valence-corrected chi connectivity index (χ3v) is 5.58. The number of urea groups is 1. The van der Waals surface area contributed by atoms with Crippen molar-refractivity contribution in [3.8, 4) is 22.8 Å². The fourth-order valence-corrected chi connectivity index (χ4v) is 3.64. The molecular weight excluding hydrogens is 430 g/mol. The Morgan fingerprint density at radius 2 is 1.69 bits per heavy atom. The topological polar surface area (TPSA) is 79.8 Å². The summed E-state index contributed by atoms with van der Waals surface area (Å²) in [5.41, 5.74) is 2.32. The predicted octanol–water partition coefficient (Wildman–Crippen LogP) is 4.17. The summed E-state index contributed by atoms with van der Waals surface area (Å²) < 4.78 is 10.6. The Labute approximate surface area is 191 Å². The molecule has 0 unspecified atom stereocenters. The molecule has 9 heteroatoms. The van der Waals surface area contributed by atoms with Crippen molar-refractivity contribution in [2.45, 2.75) is 0 Å². The summed E-state index contributed by atoms with van der Waals surface area (Å²) in [6, 6.07) is 16.5. The van der Waals surface area contributed by atoms with E-state index in [1.54, 1.807) is 37.3 Å². The molecule has 2 amide bonds. The lowest BCUT2D eigenvalue weighted by molar-refractivity contribution is 0.208. The highest BCUT2D eigenvalue weighted by molar-refractivity contribution is 6.30. The normalized spacial score (nSPS) is 13.6. The van der Waals surface area contributed by atoms with Gasteiger partial charge in [-0.15, -0.1) is 10.2 Å². The van der Waals surface area contributed by atoms with Crippen molar-refractivity contribution in [1.82, 2.24) is 15.1 Å². The van der Waals surface area contributed by atoms with Crippen LogP contribution in [0.3, 0.4) is 0 Å². The summed E-state index contributed by atoms with van der Waals surface area (Å²) in [5.74, 6) is 2.01. The number of rotatable bonds is 5. The quantitative estimate of drug-likeness (QED) is 0.624. The Kier molecular flexibility index (Phi) is 6.61. The summed E-state index contributed by atoms with van der Waals surface area (Å²) in [6.45, 7) is 2.47. The zero-order valence-electron chi connectivity index (χ0n) is 17.9. The molecule has 1 N–H and O–H groups in total. The van der Waals surface area contributed by atoms with Crippen LogP contribution in [-0.2, 0) is 0 Å². The lowest BCUT2D eigenvalue weighted by Crippen LogP contribution is -2.50. The molecule has 1 aliphatic rings. The van der Waals surface area contributed by atoms with Gasteiger partial charge in [-0.3, -0.25) is 0 Å². The molecule has 0 atom stereocenters. The van der Waals surface area contributed by atoms with Crippen molar-refractivity contribution in [3.63, 3.8) is 0 Å². The van der Waals surface area contributed by atoms with E-state index in [0.717, 1.165) is 17.1 Å². The Hall–Kier alpha value is -3.52. The summed E-state index contributed by atoms with van der Waals surface area (Å²) in [5, 5.41) is 12.3. The van der Waals surface area contributed by atoms with Crippen LogP contribution >= 0.6 is 11.6 Å². The van der Waals surface area contributed by atoms with Crippen molar-refractivity contribution >= 4 is 29.1 Å². The zero-order chi connectivity index (χ0) is 22.5. The van der Waals surface area contributed by atoms with Gasteiger partial charge in [-0.2, -0.15) is 0 Å².